The van der Waals surface area contributed by atoms with E-state index in [0.29, 0.717) is 25.9 Å². The molecule has 0 aliphatic carbocycles. The second-order valence-corrected chi connectivity index (χ2v) is 9.52. The van der Waals surface area contributed by atoms with Crippen molar-refractivity contribution in [2.45, 2.75) is 44.0 Å². The van der Waals surface area contributed by atoms with Crippen molar-refractivity contribution in [1.29, 1.82) is 0 Å². The molecule has 3 rings (SSSR count). The van der Waals surface area contributed by atoms with Gasteiger partial charge in [-0.05, 0) is 49.9 Å². The fourth-order valence-electron chi connectivity index (χ4n) is 3.22. The third-order valence-electron chi connectivity index (χ3n) is 4.77. The maximum atomic E-state index is 12.7. The molecule has 26 heavy (non-hydrogen) atoms. The van der Waals surface area contributed by atoms with Crippen molar-refractivity contribution in [3.05, 3.63) is 51.7 Å². The van der Waals surface area contributed by atoms with E-state index in [0.717, 1.165) is 11.3 Å². The van der Waals surface area contributed by atoms with E-state index in [4.69, 9.17) is 0 Å². The first kappa shape index (κ1) is 19.1. The number of amides is 1. The van der Waals surface area contributed by atoms with Crippen molar-refractivity contribution < 1.29 is 13.2 Å². The molecule has 2 aromatic rings. The summed E-state index contributed by atoms with van der Waals surface area (Å²) in [7, 11) is -3.51. The highest BCUT2D eigenvalue weighted by Gasteiger charge is 2.27. The minimum Gasteiger partial charge on any atom is -0.338 e. The number of nitrogens with one attached hydrogen (secondary N) is 1. The molecule has 1 fully saturated rings. The van der Waals surface area contributed by atoms with Crippen LogP contribution in [0.4, 0.5) is 0 Å². The molecule has 2 heterocycles. The Bertz CT molecular complexity index is 867. The van der Waals surface area contributed by atoms with Gasteiger partial charge >= 0.3 is 0 Å². The van der Waals surface area contributed by atoms with Crippen molar-refractivity contribution >= 4 is 27.3 Å². The standard InChI is InChI=1S/C19H24N2O3S2/c1-3-15-13-18(25-14(15)2)19(22)21-11-9-16(10-12-21)20-26(23,24)17-7-5-4-6-8-17/h4-8,13,16,20H,3,9-12H2,1-2H3. The lowest BCUT2D eigenvalue weighted by Gasteiger charge is -2.32. The lowest BCUT2D eigenvalue weighted by Crippen LogP contribution is -2.46. The Morgan fingerprint density at radius 3 is 2.46 bits per heavy atom. The molecular formula is C19H24N2O3S2. The van der Waals surface area contributed by atoms with Gasteiger partial charge in [0, 0.05) is 24.0 Å². The summed E-state index contributed by atoms with van der Waals surface area (Å²) in [6.45, 7) is 5.27. The molecule has 0 spiro atoms. The second-order valence-electron chi connectivity index (χ2n) is 6.55. The van der Waals surface area contributed by atoms with E-state index in [9.17, 15) is 13.2 Å². The third kappa shape index (κ3) is 4.16. The lowest BCUT2D eigenvalue weighted by molar-refractivity contribution is 0.0716. The van der Waals surface area contributed by atoms with Crippen molar-refractivity contribution in [3.8, 4) is 0 Å². The number of hydrogen-bond acceptors (Lipinski definition) is 4. The topological polar surface area (TPSA) is 66.5 Å². The zero-order valence-corrected chi connectivity index (χ0v) is 16.7. The summed E-state index contributed by atoms with van der Waals surface area (Å²) < 4.78 is 27.6. The number of sulfonamides is 1. The predicted octanol–water partition coefficient (Wildman–Crippen LogP) is 3.20. The summed E-state index contributed by atoms with van der Waals surface area (Å²) in [5, 5.41) is 0. The highest BCUT2D eigenvalue weighted by atomic mass is 32.2. The van der Waals surface area contributed by atoms with E-state index in [2.05, 4.69) is 11.6 Å². The van der Waals surface area contributed by atoms with Crippen molar-refractivity contribution in [2.75, 3.05) is 13.1 Å². The van der Waals surface area contributed by atoms with E-state index in [-0.39, 0.29) is 16.8 Å². The minimum atomic E-state index is -3.51. The largest absolute Gasteiger partial charge is 0.338 e. The Labute approximate surface area is 159 Å². The summed E-state index contributed by atoms with van der Waals surface area (Å²) >= 11 is 1.55. The first-order valence-electron chi connectivity index (χ1n) is 8.86. The van der Waals surface area contributed by atoms with Gasteiger partial charge in [-0.25, -0.2) is 13.1 Å². The van der Waals surface area contributed by atoms with Crippen molar-refractivity contribution in [3.63, 3.8) is 0 Å². The molecular weight excluding hydrogens is 368 g/mol. The summed E-state index contributed by atoms with van der Waals surface area (Å²) in [5.41, 5.74) is 1.23. The number of likely N-dealkylation sites (tertiary alicyclic amines) is 1. The summed E-state index contributed by atoms with van der Waals surface area (Å²) in [6.07, 6.45) is 2.19. The first-order valence-corrected chi connectivity index (χ1v) is 11.2. The van der Waals surface area contributed by atoms with E-state index < -0.39 is 10.0 Å². The molecule has 1 aromatic carbocycles. The number of carbonyl (C=O) groups is 1. The van der Waals surface area contributed by atoms with Gasteiger partial charge in [-0.2, -0.15) is 0 Å². The molecule has 0 atom stereocenters. The second kappa shape index (κ2) is 7.90. The van der Waals surface area contributed by atoms with Gasteiger partial charge in [0.1, 0.15) is 0 Å². The van der Waals surface area contributed by atoms with Gasteiger partial charge in [0.15, 0.2) is 0 Å². The van der Waals surface area contributed by atoms with Crippen LogP contribution in [0.5, 0.6) is 0 Å². The Balaban J connectivity index is 1.59. The van der Waals surface area contributed by atoms with Crippen molar-refractivity contribution in [1.82, 2.24) is 9.62 Å². The van der Waals surface area contributed by atoms with Crippen LogP contribution in [-0.4, -0.2) is 38.4 Å². The van der Waals surface area contributed by atoms with Gasteiger partial charge in [-0.15, -0.1) is 11.3 Å². The van der Waals surface area contributed by atoms with Crippen LogP contribution in [0.15, 0.2) is 41.3 Å². The lowest BCUT2D eigenvalue weighted by atomic mass is 10.1. The molecule has 5 nitrogen and oxygen atoms in total. The fourth-order valence-corrected chi connectivity index (χ4v) is 5.63. The fraction of sp³-hybridized carbons (Fsp3) is 0.421. The van der Waals surface area contributed by atoms with Gasteiger partial charge in [0.25, 0.3) is 5.91 Å². The van der Waals surface area contributed by atoms with Gasteiger partial charge in [0.05, 0.1) is 9.77 Å². The molecule has 0 saturated carbocycles. The number of aryl methyl sites for hydroxylation is 2. The van der Waals surface area contributed by atoms with Crippen LogP contribution in [0.3, 0.4) is 0 Å². The average Bonchev–Trinajstić information content (AvgIpc) is 3.03. The molecule has 1 aromatic heterocycles. The van der Waals surface area contributed by atoms with Crippen LogP contribution in [-0.2, 0) is 16.4 Å². The number of piperidine rings is 1. The molecule has 7 heteroatoms. The van der Waals surface area contributed by atoms with Gasteiger partial charge in [0.2, 0.25) is 10.0 Å². The Morgan fingerprint density at radius 2 is 1.88 bits per heavy atom. The van der Waals surface area contributed by atoms with Gasteiger partial charge in [-0.1, -0.05) is 25.1 Å². The first-order chi connectivity index (χ1) is 12.4. The van der Waals surface area contributed by atoms with E-state index in [1.54, 1.807) is 41.7 Å². The minimum absolute atomic E-state index is 0.0576. The van der Waals surface area contributed by atoms with Crippen LogP contribution in [0.1, 0.15) is 39.9 Å². The number of benzene rings is 1. The summed E-state index contributed by atoms with van der Waals surface area (Å²) in [5.74, 6) is 0.0576. The van der Waals surface area contributed by atoms with Crippen LogP contribution < -0.4 is 4.72 Å². The quantitative estimate of drug-likeness (QED) is 0.850. The Morgan fingerprint density at radius 1 is 1.23 bits per heavy atom. The van der Waals surface area contributed by atoms with E-state index in [1.165, 1.54) is 10.4 Å². The van der Waals surface area contributed by atoms with Crippen molar-refractivity contribution in [2.24, 2.45) is 0 Å². The maximum Gasteiger partial charge on any atom is 0.263 e. The predicted molar refractivity (Wildman–Crippen MR) is 104 cm³/mol. The number of hydrogen-bond donors (Lipinski definition) is 1. The zero-order valence-electron chi connectivity index (χ0n) is 15.1. The molecule has 0 radical (unpaired) electrons. The van der Waals surface area contributed by atoms with Crippen LogP contribution in [0.25, 0.3) is 0 Å². The molecule has 1 saturated heterocycles. The third-order valence-corrected chi connectivity index (χ3v) is 7.39. The number of nitrogens with zero attached hydrogens (tertiary/aromatic N) is 1. The number of thiophene rings is 1. The van der Waals surface area contributed by atoms with Crippen LogP contribution in [0, 0.1) is 6.92 Å². The van der Waals surface area contributed by atoms with Gasteiger partial charge in [-0.3, -0.25) is 4.79 Å². The monoisotopic (exact) mass is 392 g/mol. The molecule has 1 N–H and O–H groups in total. The molecule has 1 amide bonds. The average molecular weight is 393 g/mol. The van der Waals surface area contributed by atoms with E-state index in [1.807, 2.05) is 17.9 Å². The van der Waals surface area contributed by atoms with E-state index >= 15 is 0 Å². The molecule has 0 unspecified atom stereocenters. The SMILES string of the molecule is CCc1cc(C(=O)N2CCC(NS(=O)(=O)c3ccccc3)CC2)sc1C. The Hall–Kier alpha value is -1.70. The molecule has 0 bridgehead atoms. The molecule has 140 valence electrons. The number of rotatable bonds is 5. The molecule has 1 aliphatic heterocycles. The normalized spacial score (nSPS) is 16.0. The van der Waals surface area contributed by atoms with Crippen LogP contribution in [0.2, 0.25) is 0 Å². The highest BCUT2D eigenvalue weighted by molar-refractivity contribution is 7.89. The smallest absolute Gasteiger partial charge is 0.263 e. The zero-order chi connectivity index (χ0) is 18.7. The van der Waals surface area contributed by atoms with Gasteiger partial charge < -0.3 is 4.90 Å². The number of carbonyl (C=O) groups excluding carboxylic acids is 1. The maximum absolute atomic E-state index is 12.7. The summed E-state index contributed by atoms with van der Waals surface area (Å²) in [4.78, 5) is 16.8. The summed E-state index contributed by atoms with van der Waals surface area (Å²) in [6, 6.07) is 10.2. The highest BCUT2D eigenvalue weighted by Crippen LogP contribution is 2.25. The molecule has 1 aliphatic rings. The van der Waals surface area contributed by atoms with Crippen LogP contribution >= 0.6 is 11.3 Å². The Kier molecular flexibility index (Phi) is 5.79.